The highest BCUT2D eigenvalue weighted by Crippen LogP contribution is 2.22. The minimum absolute atomic E-state index is 0.0329. The molecular formula is C16H23NO3S. The smallest absolute Gasteiger partial charge is 0.225 e. The molecule has 0 bridgehead atoms. The first-order valence-electron chi connectivity index (χ1n) is 7.47. The van der Waals surface area contributed by atoms with Gasteiger partial charge in [0.15, 0.2) is 9.84 Å². The molecule has 0 N–H and O–H groups in total. The van der Waals surface area contributed by atoms with Crippen LogP contribution in [0.15, 0.2) is 35.2 Å². The molecular weight excluding hydrogens is 286 g/mol. The zero-order valence-corrected chi connectivity index (χ0v) is 13.5. The maximum atomic E-state index is 12.4. The average molecular weight is 309 g/mol. The predicted molar refractivity (Wildman–Crippen MR) is 82.6 cm³/mol. The van der Waals surface area contributed by atoms with E-state index < -0.39 is 9.84 Å². The quantitative estimate of drug-likeness (QED) is 0.858. The first kappa shape index (κ1) is 16.0. The molecule has 1 saturated heterocycles. The van der Waals surface area contributed by atoms with Crippen molar-refractivity contribution in [3.05, 3.63) is 30.3 Å². The highest BCUT2D eigenvalue weighted by Gasteiger charge is 2.28. The second-order valence-electron chi connectivity index (χ2n) is 6.04. The molecule has 1 aromatic carbocycles. The summed E-state index contributed by atoms with van der Waals surface area (Å²) in [4.78, 5) is 14.2. The average Bonchev–Trinajstić information content (AvgIpc) is 2.47. The topological polar surface area (TPSA) is 54.5 Å². The third-order valence-corrected chi connectivity index (χ3v) is 5.78. The molecule has 1 aliphatic heterocycles. The first-order valence-corrected chi connectivity index (χ1v) is 9.12. The predicted octanol–water partition coefficient (Wildman–Crippen LogP) is 2.35. The van der Waals surface area contributed by atoms with Gasteiger partial charge in [-0.1, -0.05) is 32.0 Å². The number of carbonyl (C=O) groups is 1. The summed E-state index contributed by atoms with van der Waals surface area (Å²) in [5, 5.41) is 0. The number of amides is 1. The number of hydrogen-bond acceptors (Lipinski definition) is 3. The summed E-state index contributed by atoms with van der Waals surface area (Å²) in [6.45, 7) is 5.07. The minimum Gasteiger partial charge on any atom is -0.342 e. The molecule has 1 aromatic rings. The Morgan fingerprint density at radius 2 is 1.95 bits per heavy atom. The van der Waals surface area contributed by atoms with Gasteiger partial charge in [-0.2, -0.15) is 0 Å². The Labute approximate surface area is 127 Å². The van der Waals surface area contributed by atoms with Crippen LogP contribution in [-0.2, 0) is 14.6 Å². The largest absolute Gasteiger partial charge is 0.342 e. The molecule has 0 spiro atoms. The van der Waals surface area contributed by atoms with Crippen LogP contribution < -0.4 is 0 Å². The zero-order valence-electron chi connectivity index (χ0n) is 12.7. The third-order valence-electron chi connectivity index (χ3n) is 3.88. The summed E-state index contributed by atoms with van der Waals surface area (Å²) in [5.74, 6) is 0.247. The minimum atomic E-state index is -3.27. The van der Waals surface area contributed by atoms with E-state index in [1.54, 1.807) is 24.3 Å². The number of sulfone groups is 1. The van der Waals surface area contributed by atoms with Gasteiger partial charge in [0.05, 0.1) is 10.6 Å². The van der Waals surface area contributed by atoms with Gasteiger partial charge in [0.25, 0.3) is 0 Å². The normalized spacial score (nSPS) is 19.8. The Morgan fingerprint density at radius 1 is 1.29 bits per heavy atom. The van der Waals surface area contributed by atoms with E-state index >= 15 is 0 Å². The van der Waals surface area contributed by atoms with Gasteiger partial charge < -0.3 is 4.90 Å². The van der Waals surface area contributed by atoms with E-state index in [0.717, 1.165) is 19.4 Å². The van der Waals surface area contributed by atoms with E-state index in [4.69, 9.17) is 0 Å². The maximum absolute atomic E-state index is 12.4. The lowest BCUT2D eigenvalue weighted by atomic mass is 9.99. The molecule has 1 heterocycles. The van der Waals surface area contributed by atoms with Crippen molar-refractivity contribution in [1.29, 1.82) is 0 Å². The van der Waals surface area contributed by atoms with Gasteiger partial charge in [0.1, 0.15) is 0 Å². The second-order valence-corrected chi connectivity index (χ2v) is 8.08. The Morgan fingerprint density at radius 3 is 2.57 bits per heavy atom. The van der Waals surface area contributed by atoms with Crippen LogP contribution in [0.5, 0.6) is 0 Å². The van der Waals surface area contributed by atoms with E-state index in [9.17, 15) is 13.2 Å². The number of rotatable bonds is 4. The summed E-state index contributed by atoms with van der Waals surface area (Å²) >= 11 is 0. The molecule has 1 unspecified atom stereocenters. The molecule has 4 nitrogen and oxygen atoms in total. The van der Waals surface area contributed by atoms with E-state index in [0.29, 0.717) is 11.4 Å². The highest BCUT2D eigenvalue weighted by molar-refractivity contribution is 7.91. The van der Waals surface area contributed by atoms with Crippen molar-refractivity contribution in [3.8, 4) is 0 Å². The van der Waals surface area contributed by atoms with Crippen molar-refractivity contribution < 1.29 is 13.2 Å². The molecule has 21 heavy (non-hydrogen) atoms. The summed E-state index contributed by atoms with van der Waals surface area (Å²) in [7, 11) is -3.27. The van der Waals surface area contributed by atoms with Crippen LogP contribution in [0.4, 0.5) is 0 Å². The van der Waals surface area contributed by atoms with Gasteiger partial charge in [-0.25, -0.2) is 8.42 Å². The van der Waals surface area contributed by atoms with Crippen LogP contribution >= 0.6 is 0 Å². The van der Waals surface area contributed by atoms with Gasteiger partial charge in [-0.15, -0.1) is 0 Å². The van der Waals surface area contributed by atoms with Crippen molar-refractivity contribution >= 4 is 15.7 Å². The Balaban J connectivity index is 2.04. The van der Waals surface area contributed by atoms with Crippen LogP contribution in [0.1, 0.15) is 26.7 Å². The molecule has 1 atom stereocenters. The van der Waals surface area contributed by atoms with E-state index in [1.165, 1.54) is 0 Å². The number of benzene rings is 1. The molecule has 0 aliphatic carbocycles. The molecule has 0 radical (unpaired) electrons. The van der Waals surface area contributed by atoms with Crippen molar-refractivity contribution in [1.82, 2.24) is 4.90 Å². The van der Waals surface area contributed by atoms with Crippen molar-refractivity contribution in [2.75, 3.05) is 18.8 Å². The van der Waals surface area contributed by atoms with E-state index in [2.05, 4.69) is 0 Å². The van der Waals surface area contributed by atoms with Crippen LogP contribution in [0, 0.1) is 11.8 Å². The fourth-order valence-corrected chi connectivity index (χ4v) is 4.46. The van der Waals surface area contributed by atoms with E-state index in [-0.39, 0.29) is 23.5 Å². The van der Waals surface area contributed by atoms with Gasteiger partial charge in [-0.3, -0.25) is 4.79 Å². The van der Waals surface area contributed by atoms with Gasteiger partial charge in [-0.05, 0) is 30.9 Å². The monoisotopic (exact) mass is 309 g/mol. The van der Waals surface area contributed by atoms with Crippen LogP contribution in [0.3, 0.4) is 0 Å². The fraction of sp³-hybridized carbons (Fsp3) is 0.562. The summed E-state index contributed by atoms with van der Waals surface area (Å²) in [6, 6.07) is 8.55. The summed E-state index contributed by atoms with van der Waals surface area (Å²) in [6.07, 6.45) is 1.75. The molecule has 1 amide bonds. The van der Waals surface area contributed by atoms with Crippen molar-refractivity contribution in [2.45, 2.75) is 31.6 Å². The standard InChI is InChI=1S/C16H23NO3S/c1-13(2)16(18)17-10-6-7-14(11-17)12-21(19,20)15-8-4-3-5-9-15/h3-5,8-9,13-14H,6-7,10-12H2,1-2H3. The molecule has 1 fully saturated rings. The van der Waals surface area contributed by atoms with E-state index in [1.807, 2.05) is 24.8 Å². The molecule has 1 aliphatic rings. The Kier molecular flexibility index (Phi) is 5.04. The highest BCUT2D eigenvalue weighted by atomic mass is 32.2. The third kappa shape index (κ3) is 4.06. The number of nitrogens with zero attached hydrogens (tertiary/aromatic N) is 1. The number of hydrogen-bond donors (Lipinski definition) is 0. The molecule has 116 valence electrons. The van der Waals surface area contributed by atoms with Gasteiger partial charge >= 0.3 is 0 Å². The van der Waals surface area contributed by atoms with Crippen molar-refractivity contribution in [2.24, 2.45) is 11.8 Å². The first-order chi connectivity index (χ1) is 9.90. The number of likely N-dealkylation sites (tertiary alicyclic amines) is 1. The Hall–Kier alpha value is -1.36. The lowest BCUT2D eigenvalue weighted by Crippen LogP contribution is -2.43. The zero-order chi connectivity index (χ0) is 15.5. The summed E-state index contributed by atoms with van der Waals surface area (Å²) < 4.78 is 24.8. The second kappa shape index (κ2) is 6.60. The summed E-state index contributed by atoms with van der Waals surface area (Å²) in [5.41, 5.74) is 0. The van der Waals surface area contributed by atoms with Gasteiger partial charge in [0.2, 0.25) is 5.91 Å². The SMILES string of the molecule is CC(C)C(=O)N1CCCC(CS(=O)(=O)c2ccccc2)C1. The van der Waals surface area contributed by atoms with Crippen molar-refractivity contribution in [3.63, 3.8) is 0 Å². The number of piperidine rings is 1. The van der Waals surface area contributed by atoms with Crippen LogP contribution in [0.2, 0.25) is 0 Å². The lowest BCUT2D eigenvalue weighted by Gasteiger charge is -2.33. The van der Waals surface area contributed by atoms with Crippen LogP contribution in [0.25, 0.3) is 0 Å². The van der Waals surface area contributed by atoms with Gasteiger partial charge in [0, 0.05) is 19.0 Å². The molecule has 0 saturated carbocycles. The molecule has 5 heteroatoms. The van der Waals surface area contributed by atoms with Crippen LogP contribution in [-0.4, -0.2) is 38.1 Å². The number of carbonyl (C=O) groups excluding carboxylic acids is 1. The molecule has 0 aromatic heterocycles. The Bertz CT molecular complexity index is 581. The maximum Gasteiger partial charge on any atom is 0.225 e. The fourth-order valence-electron chi connectivity index (χ4n) is 2.80. The lowest BCUT2D eigenvalue weighted by molar-refractivity contribution is -0.136. The molecule has 2 rings (SSSR count).